The number of anilines is 1. The van der Waals surface area contributed by atoms with Gasteiger partial charge in [0.05, 0.1) is 17.6 Å². The van der Waals surface area contributed by atoms with Gasteiger partial charge in [0.25, 0.3) is 0 Å². The maximum absolute atomic E-state index is 12.0. The van der Waals surface area contributed by atoms with Crippen LogP contribution >= 0.6 is 15.9 Å². The molecule has 0 fully saturated rings. The molecule has 7 nitrogen and oxygen atoms in total. The lowest BCUT2D eigenvalue weighted by atomic mass is 10.2. The van der Waals surface area contributed by atoms with E-state index < -0.39 is 0 Å². The molecule has 0 unspecified atom stereocenters. The zero-order valence-corrected chi connectivity index (χ0v) is 17.1. The molecular weight excluding hydrogens is 422 g/mol. The molecule has 0 spiro atoms. The Hall–Kier alpha value is -2.87. The van der Waals surface area contributed by atoms with Crippen molar-refractivity contribution in [2.75, 3.05) is 18.4 Å². The van der Waals surface area contributed by atoms with Gasteiger partial charge in [0.2, 0.25) is 5.91 Å². The second-order valence-corrected chi connectivity index (χ2v) is 7.34. The summed E-state index contributed by atoms with van der Waals surface area (Å²) in [5.74, 6) is 0.621. The van der Waals surface area contributed by atoms with Gasteiger partial charge in [-0.05, 0) is 49.2 Å². The number of imidazole rings is 1. The maximum atomic E-state index is 12.0. The van der Waals surface area contributed by atoms with Crippen LogP contribution in [0.2, 0.25) is 0 Å². The van der Waals surface area contributed by atoms with Crippen LogP contribution in [0.1, 0.15) is 17.8 Å². The van der Waals surface area contributed by atoms with Gasteiger partial charge in [-0.15, -0.1) is 0 Å². The highest BCUT2D eigenvalue weighted by atomic mass is 79.9. The molecule has 4 N–H and O–H groups in total. The summed E-state index contributed by atoms with van der Waals surface area (Å²) < 4.78 is 0.947. The smallest absolute Gasteiger partial charge is 0.315 e. The Bertz CT molecular complexity index is 953. The van der Waals surface area contributed by atoms with Crippen molar-refractivity contribution in [3.63, 3.8) is 0 Å². The Kier molecular flexibility index (Phi) is 6.65. The van der Waals surface area contributed by atoms with Crippen LogP contribution in [0.3, 0.4) is 0 Å². The standard InChI is InChI=1S/C20H22BrN5O2/c1-13-11-14(21)8-9-15(13)26-19(27)12-23-20(28)22-10-4-7-18-24-16-5-2-3-6-17(16)25-18/h2-3,5-6,8-9,11H,4,7,10,12H2,1H3,(H,24,25)(H,26,27)(H2,22,23,28). The van der Waals surface area contributed by atoms with Crippen LogP contribution in [0.25, 0.3) is 11.0 Å². The summed E-state index contributed by atoms with van der Waals surface area (Å²) in [5.41, 5.74) is 3.62. The normalized spacial score (nSPS) is 10.6. The number of halogens is 1. The molecule has 0 saturated heterocycles. The van der Waals surface area contributed by atoms with Crippen molar-refractivity contribution in [2.45, 2.75) is 19.8 Å². The molecule has 0 saturated carbocycles. The van der Waals surface area contributed by atoms with Crippen LogP contribution < -0.4 is 16.0 Å². The second-order valence-electron chi connectivity index (χ2n) is 6.42. The highest BCUT2D eigenvalue weighted by Gasteiger charge is 2.08. The van der Waals surface area contributed by atoms with Gasteiger partial charge in [0, 0.05) is 23.1 Å². The van der Waals surface area contributed by atoms with Crippen molar-refractivity contribution < 1.29 is 9.59 Å². The number of aromatic amines is 1. The zero-order chi connectivity index (χ0) is 19.9. The number of carbonyl (C=O) groups excluding carboxylic acids is 2. The number of urea groups is 1. The fourth-order valence-electron chi connectivity index (χ4n) is 2.77. The number of benzene rings is 2. The molecule has 3 aromatic rings. The van der Waals surface area contributed by atoms with E-state index in [1.807, 2.05) is 49.4 Å². The number of nitrogens with zero attached hydrogens (tertiary/aromatic N) is 1. The molecule has 3 amide bonds. The van der Waals surface area contributed by atoms with E-state index in [1.165, 1.54) is 0 Å². The number of carbonyl (C=O) groups is 2. The maximum Gasteiger partial charge on any atom is 0.315 e. The summed E-state index contributed by atoms with van der Waals surface area (Å²) in [5, 5.41) is 8.09. The number of hydrogen-bond acceptors (Lipinski definition) is 3. The third-order valence-corrected chi connectivity index (χ3v) is 4.68. The van der Waals surface area contributed by atoms with Crippen molar-refractivity contribution in [3.8, 4) is 0 Å². The van der Waals surface area contributed by atoms with E-state index in [0.29, 0.717) is 6.54 Å². The number of rotatable bonds is 7. The number of aryl methyl sites for hydroxylation is 2. The van der Waals surface area contributed by atoms with Gasteiger partial charge >= 0.3 is 6.03 Å². The topological polar surface area (TPSA) is 98.9 Å². The molecule has 0 aliphatic heterocycles. The van der Waals surface area contributed by atoms with Crippen molar-refractivity contribution in [2.24, 2.45) is 0 Å². The van der Waals surface area contributed by atoms with Gasteiger partial charge in [0.1, 0.15) is 5.82 Å². The Balaban J connectivity index is 1.34. The van der Waals surface area contributed by atoms with Gasteiger partial charge < -0.3 is 20.9 Å². The van der Waals surface area contributed by atoms with Gasteiger partial charge in [-0.1, -0.05) is 28.1 Å². The van der Waals surface area contributed by atoms with Gasteiger partial charge in [-0.3, -0.25) is 4.79 Å². The Morgan fingerprint density at radius 3 is 2.75 bits per heavy atom. The molecular formula is C20H22BrN5O2. The molecule has 0 aliphatic carbocycles. The van der Waals surface area contributed by atoms with Crippen molar-refractivity contribution in [1.29, 1.82) is 0 Å². The molecule has 1 aromatic heterocycles. The van der Waals surface area contributed by atoms with E-state index >= 15 is 0 Å². The van der Waals surface area contributed by atoms with Crippen molar-refractivity contribution >= 4 is 44.6 Å². The first-order chi connectivity index (χ1) is 13.5. The Morgan fingerprint density at radius 1 is 1.14 bits per heavy atom. The minimum Gasteiger partial charge on any atom is -0.342 e. The highest BCUT2D eigenvalue weighted by Crippen LogP contribution is 2.19. The number of aromatic nitrogens is 2. The Labute approximate surface area is 171 Å². The minimum absolute atomic E-state index is 0.0924. The number of H-pyrrole nitrogens is 1. The highest BCUT2D eigenvalue weighted by molar-refractivity contribution is 9.10. The number of nitrogens with one attached hydrogen (secondary N) is 4. The molecule has 28 heavy (non-hydrogen) atoms. The van der Waals surface area contributed by atoms with E-state index in [1.54, 1.807) is 0 Å². The molecule has 146 valence electrons. The van der Waals surface area contributed by atoms with E-state index in [4.69, 9.17) is 0 Å². The third kappa shape index (κ3) is 5.56. The number of fused-ring (bicyclic) bond motifs is 1. The molecule has 0 bridgehead atoms. The first-order valence-corrected chi connectivity index (χ1v) is 9.82. The van der Waals surface area contributed by atoms with E-state index in [2.05, 4.69) is 41.8 Å². The first-order valence-electron chi connectivity index (χ1n) is 9.02. The average Bonchev–Trinajstić information content (AvgIpc) is 3.09. The lowest BCUT2D eigenvalue weighted by Crippen LogP contribution is -2.40. The van der Waals surface area contributed by atoms with Gasteiger partial charge in [-0.25, -0.2) is 9.78 Å². The quantitative estimate of drug-likeness (QED) is 0.420. The van der Waals surface area contributed by atoms with Crippen LogP contribution in [0, 0.1) is 6.92 Å². The predicted octanol–water partition coefficient (Wildman–Crippen LogP) is 3.50. The number of hydrogen-bond donors (Lipinski definition) is 4. The zero-order valence-electron chi connectivity index (χ0n) is 15.5. The largest absolute Gasteiger partial charge is 0.342 e. The second kappa shape index (κ2) is 9.36. The summed E-state index contributed by atoms with van der Waals surface area (Å²) in [6.45, 7) is 2.31. The predicted molar refractivity (Wildman–Crippen MR) is 113 cm³/mol. The fourth-order valence-corrected chi connectivity index (χ4v) is 3.24. The van der Waals surface area contributed by atoms with Crippen LogP contribution in [0.5, 0.6) is 0 Å². The summed E-state index contributed by atoms with van der Waals surface area (Å²) in [7, 11) is 0. The minimum atomic E-state index is -0.368. The van der Waals surface area contributed by atoms with Crippen molar-refractivity contribution in [1.82, 2.24) is 20.6 Å². The van der Waals surface area contributed by atoms with Gasteiger partial charge in [0.15, 0.2) is 0 Å². The molecule has 0 atom stereocenters. The molecule has 2 aromatic carbocycles. The molecule has 1 heterocycles. The van der Waals surface area contributed by atoms with Crippen LogP contribution in [0.4, 0.5) is 10.5 Å². The first kappa shape index (κ1) is 19.9. The summed E-state index contributed by atoms with van der Waals surface area (Å²) in [6.07, 6.45) is 1.48. The number of amides is 3. The summed E-state index contributed by atoms with van der Waals surface area (Å²) in [6, 6.07) is 13.1. The molecule has 0 aliphatic rings. The van der Waals surface area contributed by atoms with Crippen LogP contribution in [0.15, 0.2) is 46.9 Å². The van der Waals surface area contributed by atoms with E-state index in [-0.39, 0.29) is 18.5 Å². The molecule has 3 rings (SSSR count). The van der Waals surface area contributed by atoms with E-state index in [0.717, 1.165) is 45.4 Å². The van der Waals surface area contributed by atoms with Crippen LogP contribution in [-0.4, -0.2) is 35.0 Å². The monoisotopic (exact) mass is 443 g/mol. The summed E-state index contributed by atoms with van der Waals surface area (Å²) >= 11 is 3.38. The third-order valence-electron chi connectivity index (χ3n) is 4.19. The average molecular weight is 444 g/mol. The Morgan fingerprint density at radius 2 is 1.96 bits per heavy atom. The van der Waals surface area contributed by atoms with Crippen molar-refractivity contribution in [3.05, 3.63) is 58.3 Å². The fraction of sp³-hybridized carbons (Fsp3) is 0.250. The summed E-state index contributed by atoms with van der Waals surface area (Å²) in [4.78, 5) is 31.6. The molecule has 0 radical (unpaired) electrons. The van der Waals surface area contributed by atoms with Crippen LogP contribution in [-0.2, 0) is 11.2 Å². The number of para-hydroxylation sites is 2. The lowest BCUT2D eigenvalue weighted by Gasteiger charge is -2.10. The lowest BCUT2D eigenvalue weighted by molar-refractivity contribution is -0.115. The SMILES string of the molecule is Cc1cc(Br)ccc1NC(=O)CNC(=O)NCCCc1nc2ccccc2[nH]1. The van der Waals surface area contributed by atoms with Gasteiger partial charge in [-0.2, -0.15) is 0 Å². The molecule has 8 heteroatoms. The van der Waals surface area contributed by atoms with E-state index in [9.17, 15) is 9.59 Å².